The van der Waals surface area contributed by atoms with E-state index in [9.17, 15) is 4.79 Å². The smallest absolute Gasteiger partial charge is 0.234 e. The Hall–Kier alpha value is -2.24. The molecular weight excluding hydrogens is 524 g/mol. The van der Waals surface area contributed by atoms with E-state index in [0.29, 0.717) is 23.2 Å². The Labute approximate surface area is 188 Å². The van der Waals surface area contributed by atoms with Crippen molar-refractivity contribution in [1.29, 1.82) is 0 Å². The van der Waals surface area contributed by atoms with Gasteiger partial charge in [0.15, 0.2) is 5.82 Å². The molecule has 0 fully saturated rings. The van der Waals surface area contributed by atoms with Crippen LogP contribution >= 0.6 is 43.6 Å². The van der Waals surface area contributed by atoms with E-state index in [1.807, 2.05) is 42.5 Å². The summed E-state index contributed by atoms with van der Waals surface area (Å²) >= 11 is 8.01. The number of nitrogens with one attached hydrogen (secondary N) is 2. The number of anilines is 2. The van der Waals surface area contributed by atoms with Crippen molar-refractivity contribution < 1.29 is 9.53 Å². The minimum atomic E-state index is -0.168. The van der Waals surface area contributed by atoms with Gasteiger partial charge in [-0.3, -0.25) is 4.79 Å². The zero-order valence-electron chi connectivity index (χ0n) is 15.4. The number of carbonyl (C=O) groups excluding carboxylic acids is 1. The van der Waals surface area contributed by atoms with Crippen molar-refractivity contribution in [3.05, 3.63) is 57.2 Å². The lowest BCUT2D eigenvalue weighted by Gasteiger charge is -2.08. The molecule has 3 aromatic rings. The summed E-state index contributed by atoms with van der Waals surface area (Å²) in [7, 11) is 1.62. The fourth-order valence-electron chi connectivity index (χ4n) is 2.32. The van der Waals surface area contributed by atoms with Gasteiger partial charge in [0.1, 0.15) is 5.75 Å². The summed E-state index contributed by atoms with van der Waals surface area (Å²) in [5, 5.41) is 14.7. The average molecular weight is 542 g/mol. The highest BCUT2D eigenvalue weighted by atomic mass is 79.9. The zero-order valence-corrected chi connectivity index (χ0v) is 19.3. The van der Waals surface area contributed by atoms with Crippen LogP contribution in [0.4, 0.5) is 11.4 Å². The summed E-state index contributed by atoms with van der Waals surface area (Å²) in [6.45, 7) is 0.397. The van der Waals surface area contributed by atoms with Gasteiger partial charge in [0.2, 0.25) is 11.1 Å². The highest BCUT2D eigenvalue weighted by Gasteiger charge is 2.13. The predicted octanol–water partition coefficient (Wildman–Crippen LogP) is 3.87. The fourth-order valence-corrected chi connectivity index (χ4v) is 4.14. The van der Waals surface area contributed by atoms with E-state index in [1.165, 1.54) is 16.4 Å². The van der Waals surface area contributed by atoms with Crippen molar-refractivity contribution in [2.75, 3.05) is 29.3 Å². The van der Waals surface area contributed by atoms with E-state index in [-0.39, 0.29) is 11.7 Å². The third-order valence-corrected chi connectivity index (χ3v) is 5.91. The standard InChI is InChI=1S/C18H18Br2N6O2S/c1-28-13-5-3-12(4-6-13)22-9-16-24-25-18(26(16)21)29-10-17(27)23-15-7-2-11(19)8-14(15)20/h2-8,22H,9-10,21H2,1H3,(H,23,27). The van der Waals surface area contributed by atoms with Gasteiger partial charge < -0.3 is 21.2 Å². The molecule has 8 nitrogen and oxygen atoms in total. The van der Waals surface area contributed by atoms with Crippen LogP contribution in [0.1, 0.15) is 5.82 Å². The maximum Gasteiger partial charge on any atom is 0.234 e. The minimum absolute atomic E-state index is 0.156. The first-order chi connectivity index (χ1) is 14.0. The summed E-state index contributed by atoms with van der Waals surface area (Å²) in [6.07, 6.45) is 0. The van der Waals surface area contributed by atoms with E-state index >= 15 is 0 Å². The fraction of sp³-hybridized carbons (Fsp3) is 0.167. The number of rotatable bonds is 8. The SMILES string of the molecule is COc1ccc(NCc2nnc(SCC(=O)Nc3ccc(Br)cc3Br)n2N)cc1. The number of thioether (sulfide) groups is 1. The van der Waals surface area contributed by atoms with Gasteiger partial charge in [-0.05, 0) is 58.4 Å². The molecule has 0 spiro atoms. The second kappa shape index (κ2) is 9.99. The maximum absolute atomic E-state index is 12.2. The van der Waals surface area contributed by atoms with Crippen molar-refractivity contribution in [2.24, 2.45) is 0 Å². The van der Waals surface area contributed by atoms with Crippen LogP contribution in [0.3, 0.4) is 0 Å². The normalized spacial score (nSPS) is 10.6. The van der Waals surface area contributed by atoms with Crippen molar-refractivity contribution in [3.63, 3.8) is 0 Å². The largest absolute Gasteiger partial charge is 0.497 e. The number of hydrogen-bond acceptors (Lipinski definition) is 7. The molecule has 1 heterocycles. The third kappa shape index (κ3) is 5.87. The van der Waals surface area contributed by atoms with Crippen LogP contribution in [-0.4, -0.2) is 33.6 Å². The Kier molecular flexibility index (Phi) is 7.40. The van der Waals surface area contributed by atoms with Gasteiger partial charge in [-0.25, -0.2) is 4.68 Å². The van der Waals surface area contributed by atoms with Gasteiger partial charge in [0.25, 0.3) is 0 Å². The number of benzene rings is 2. The van der Waals surface area contributed by atoms with Gasteiger partial charge in [0.05, 0.1) is 25.1 Å². The molecule has 0 aliphatic rings. The molecule has 11 heteroatoms. The second-order valence-electron chi connectivity index (χ2n) is 5.81. The van der Waals surface area contributed by atoms with E-state index in [0.717, 1.165) is 20.4 Å². The number of amides is 1. The molecule has 1 amide bonds. The van der Waals surface area contributed by atoms with Crippen molar-refractivity contribution in [3.8, 4) is 5.75 Å². The molecule has 0 radical (unpaired) electrons. The number of methoxy groups -OCH3 is 1. The Morgan fingerprint density at radius 1 is 1.21 bits per heavy atom. The van der Waals surface area contributed by atoms with Crippen molar-refractivity contribution >= 4 is 60.9 Å². The summed E-state index contributed by atoms with van der Waals surface area (Å²) in [5.74, 6) is 7.39. The molecule has 0 aliphatic heterocycles. The molecule has 4 N–H and O–H groups in total. The van der Waals surface area contributed by atoms with Crippen molar-refractivity contribution in [2.45, 2.75) is 11.7 Å². The molecular formula is C18H18Br2N6O2S. The lowest BCUT2D eigenvalue weighted by Crippen LogP contribution is -2.18. The molecule has 0 atom stereocenters. The van der Waals surface area contributed by atoms with Crippen LogP contribution in [0.15, 0.2) is 56.6 Å². The number of carbonyl (C=O) groups is 1. The molecule has 0 saturated carbocycles. The summed E-state index contributed by atoms with van der Waals surface area (Å²) in [5.41, 5.74) is 1.60. The van der Waals surface area contributed by atoms with Crippen LogP contribution < -0.4 is 21.2 Å². The summed E-state index contributed by atoms with van der Waals surface area (Å²) < 4.78 is 8.23. The minimum Gasteiger partial charge on any atom is -0.497 e. The first kappa shape index (κ1) is 21.5. The average Bonchev–Trinajstić information content (AvgIpc) is 3.07. The molecule has 1 aromatic heterocycles. The van der Waals surface area contributed by atoms with Gasteiger partial charge in [0, 0.05) is 14.6 Å². The number of nitrogens with zero attached hydrogens (tertiary/aromatic N) is 3. The molecule has 29 heavy (non-hydrogen) atoms. The number of ether oxygens (including phenoxy) is 1. The first-order valence-electron chi connectivity index (χ1n) is 8.41. The van der Waals surface area contributed by atoms with E-state index < -0.39 is 0 Å². The number of hydrogen-bond donors (Lipinski definition) is 3. The molecule has 2 aromatic carbocycles. The molecule has 0 bridgehead atoms. The lowest BCUT2D eigenvalue weighted by molar-refractivity contribution is -0.113. The second-order valence-corrected chi connectivity index (χ2v) is 8.52. The number of nitrogen functional groups attached to an aromatic ring is 1. The third-order valence-electron chi connectivity index (χ3n) is 3.81. The molecule has 3 rings (SSSR count). The Balaban J connectivity index is 1.52. The highest BCUT2D eigenvalue weighted by Crippen LogP contribution is 2.26. The zero-order chi connectivity index (χ0) is 20.8. The van der Waals surface area contributed by atoms with Crippen LogP contribution in [-0.2, 0) is 11.3 Å². The van der Waals surface area contributed by atoms with Crippen LogP contribution in [0, 0.1) is 0 Å². The van der Waals surface area contributed by atoms with Crippen LogP contribution in [0.2, 0.25) is 0 Å². The van der Waals surface area contributed by atoms with Gasteiger partial charge in [-0.2, -0.15) is 0 Å². The Bertz CT molecular complexity index is 997. The van der Waals surface area contributed by atoms with Gasteiger partial charge in [-0.15, -0.1) is 10.2 Å². The summed E-state index contributed by atoms with van der Waals surface area (Å²) in [6, 6.07) is 13.0. The predicted molar refractivity (Wildman–Crippen MR) is 122 cm³/mol. The van der Waals surface area contributed by atoms with E-state index in [1.54, 1.807) is 7.11 Å². The van der Waals surface area contributed by atoms with E-state index in [2.05, 4.69) is 52.7 Å². The monoisotopic (exact) mass is 540 g/mol. The van der Waals surface area contributed by atoms with Crippen molar-refractivity contribution in [1.82, 2.24) is 14.9 Å². The molecule has 0 unspecified atom stereocenters. The molecule has 0 saturated heterocycles. The van der Waals surface area contributed by atoms with E-state index in [4.69, 9.17) is 10.6 Å². The Morgan fingerprint density at radius 2 is 1.97 bits per heavy atom. The van der Waals surface area contributed by atoms with Crippen LogP contribution in [0.25, 0.3) is 0 Å². The van der Waals surface area contributed by atoms with Gasteiger partial charge >= 0.3 is 0 Å². The number of halogens is 2. The quantitative estimate of drug-likeness (QED) is 0.293. The number of nitrogens with two attached hydrogens (primary N) is 1. The molecule has 0 aliphatic carbocycles. The maximum atomic E-state index is 12.2. The topological polar surface area (TPSA) is 107 Å². The highest BCUT2D eigenvalue weighted by molar-refractivity contribution is 9.11. The Morgan fingerprint density at radius 3 is 2.66 bits per heavy atom. The number of aromatic nitrogens is 3. The molecule has 152 valence electrons. The van der Waals surface area contributed by atoms with Crippen LogP contribution in [0.5, 0.6) is 5.75 Å². The lowest BCUT2D eigenvalue weighted by atomic mass is 10.3. The van der Waals surface area contributed by atoms with Gasteiger partial charge in [-0.1, -0.05) is 27.7 Å². The summed E-state index contributed by atoms with van der Waals surface area (Å²) in [4.78, 5) is 12.2. The first-order valence-corrected chi connectivity index (χ1v) is 11.0.